The molecule has 1 aliphatic heterocycles. The zero-order valence-corrected chi connectivity index (χ0v) is 13.1. The first-order valence-corrected chi connectivity index (χ1v) is 8.33. The molecule has 2 N–H and O–H groups in total. The monoisotopic (exact) mass is 348 g/mol. The summed E-state index contributed by atoms with van der Waals surface area (Å²) < 4.78 is 32.9. The number of halogens is 1. The standard InChI is InChI=1S/C12H17BrN2O3S/c1-14-7-9-2-3-12(11(13)6-9)19(16,17)15-10-4-5-18-8-10/h2-3,6,10,14-15H,4-5,7-8H2,1H3. The second kappa shape index (κ2) is 6.32. The van der Waals surface area contributed by atoms with E-state index >= 15 is 0 Å². The molecular formula is C12H17BrN2O3S. The molecule has 1 heterocycles. The van der Waals surface area contributed by atoms with Crippen molar-refractivity contribution in [2.75, 3.05) is 20.3 Å². The number of nitrogens with one attached hydrogen (secondary N) is 2. The van der Waals surface area contributed by atoms with E-state index in [0.29, 0.717) is 30.7 Å². The van der Waals surface area contributed by atoms with Gasteiger partial charge in [0.15, 0.2) is 0 Å². The Balaban J connectivity index is 2.19. The molecule has 0 aliphatic carbocycles. The van der Waals surface area contributed by atoms with Crippen LogP contribution in [0.5, 0.6) is 0 Å². The topological polar surface area (TPSA) is 67.4 Å². The highest BCUT2D eigenvalue weighted by Gasteiger charge is 2.25. The molecule has 0 amide bonds. The normalized spacial score (nSPS) is 19.8. The van der Waals surface area contributed by atoms with Crippen molar-refractivity contribution in [3.63, 3.8) is 0 Å². The predicted octanol–water partition coefficient (Wildman–Crippen LogP) is 1.24. The summed E-state index contributed by atoms with van der Waals surface area (Å²) in [6, 6.07) is 5.11. The number of hydrogen-bond donors (Lipinski definition) is 2. The van der Waals surface area contributed by atoms with Crippen LogP contribution in [0.3, 0.4) is 0 Å². The zero-order valence-electron chi connectivity index (χ0n) is 10.6. The number of sulfonamides is 1. The lowest BCUT2D eigenvalue weighted by molar-refractivity contribution is 0.192. The lowest BCUT2D eigenvalue weighted by Gasteiger charge is -2.13. The molecule has 0 radical (unpaired) electrons. The van der Waals surface area contributed by atoms with Crippen molar-refractivity contribution in [3.05, 3.63) is 28.2 Å². The molecule has 1 saturated heterocycles. The van der Waals surface area contributed by atoms with E-state index in [-0.39, 0.29) is 10.9 Å². The summed E-state index contributed by atoms with van der Waals surface area (Å²) in [5.74, 6) is 0. The van der Waals surface area contributed by atoms with Crippen molar-refractivity contribution in [2.45, 2.75) is 23.9 Å². The van der Waals surface area contributed by atoms with Crippen LogP contribution in [0.15, 0.2) is 27.6 Å². The zero-order chi connectivity index (χ0) is 13.9. The van der Waals surface area contributed by atoms with Gasteiger partial charge in [-0.15, -0.1) is 0 Å². The highest BCUT2D eigenvalue weighted by molar-refractivity contribution is 9.10. The number of rotatable bonds is 5. The fourth-order valence-corrected chi connectivity index (χ4v) is 4.37. The lowest BCUT2D eigenvalue weighted by atomic mass is 10.2. The molecule has 7 heteroatoms. The highest BCUT2D eigenvalue weighted by Crippen LogP contribution is 2.24. The van der Waals surface area contributed by atoms with E-state index in [9.17, 15) is 8.42 Å². The van der Waals surface area contributed by atoms with Gasteiger partial charge in [-0.1, -0.05) is 6.07 Å². The Hall–Kier alpha value is -0.470. The van der Waals surface area contributed by atoms with Gasteiger partial charge in [-0.3, -0.25) is 0 Å². The van der Waals surface area contributed by atoms with Crippen molar-refractivity contribution in [1.29, 1.82) is 0 Å². The fraction of sp³-hybridized carbons (Fsp3) is 0.500. The van der Waals surface area contributed by atoms with Crippen LogP contribution in [0, 0.1) is 0 Å². The van der Waals surface area contributed by atoms with Crippen LogP contribution in [0.4, 0.5) is 0 Å². The van der Waals surface area contributed by atoms with Crippen molar-refractivity contribution in [2.24, 2.45) is 0 Å². The maximum absolute atomic E-state index is 12.3. The van der Waals surface area contributed by atoms with Gasteiger partial charge in [0.2, 0.25) is 10.0 Å². The quantitative estimate of drug-likeness (QED) is 0.839. The van der Waals surface area contributed by atoms with Gasteiger partial charge in [0, 0.05) is 23.7 Å². The Kier molecular flexibility index (Phi) is 4.97. The summed E-state index contributed by atoms with van der Waals surface area (Å²) >= 11 is 3.32. The third kappa shape index (κ3) is 3.76. The molecule has 0 spiro atoms. The summed E-state index contributed by atoms with van der Waals surface area (Å²) in [5, 5.41) is 3.03. The third-order valence-electron chi connectivity index (χ3n) is 2.92. The van der Waals surface area contributed by atoms with Crippen LogP contribution in [0.2, 0.25) is 0 Å². The highest BCUT2D eigenvalue weighted by atomic mass is 79.9. The van der Waals surface area contributed by atoms with Crippen LogP contribution in [0.1, 0.15) is 12.0 Å². The largest absolute Gasteiger partial charge is 0.380 e. The summed E-state index contributed by atoms with van der Waals surface area (Å²) in [4.78, 5) is 0.263. The lowest BCUT2D eigenvalue weighted by Crippen LogP contribution is -2.35. The Morgan fingerprint density at radius 1 is 1.47 bits per heavy atom. The first-order valence-electron chi connectivity index (χ1n) is 6.06. The minimum absolute atomic E-state index is 0.131. The number of ether oxygens (including phenoxy) is 1. The molecule has 1 aliphatic rings. The van der Waals surface area contributed by atoms with Crippen LogP contribution in [-0.4, -0.2) is 34.7 Å². The molecular weight excluding hydrogens is 332 g/mol. The van der Waals surface area contributed by atoms with E-state index in [1.807, 2.05) is 13.1 Å². The summed E-state index contributed by atoms with van der Waals surface area (Å²) in [6.45, 7) is 1.74. The second-order valence-corrected chi connectivity index (χ2v) is 7.01. The van der Waals surface area contributed by atoms with Crippen molar-refractivity contribution >= 4 is 26.0 Å². The van der Waals surface area contributed by atoms with Crippen LogP contribution in [0.25, 0.3) is 0 Å². The summed E-state index contributed by atoms with van der Waals surface area (Å²) in [5.41, 5.74) is 1.03. The predicted molar refractivity (Wildman–Crippen MR) is 76.5 cm³/mol. The van der Waals surface area contributed by atoms with Gasteiger partial charge in [0.1, 0.15) is 0 Å². The first kappa shape index (κ1) is 14.9. The van der Waals surface area contributed by atoms with E-state index < -0.39 is 10.0 Å². The number of benzene rings is 1. The Morgan fingerprint density at radius 3 is 2.84 bits per heavy atom. The smallest absolute Gasteiger partial charge is 0.242 e. The van der Waals surface area contributed by atoms with Gasteiger partial charge in [-0.05, 0) is 47.1 Å². The molecule has 0 bridgehead atoms. The van der Waals surface area contributed by atoms with E-state index in [4.69, 9.17) is 4.74 Å². The fourth-order valence-electron chi connectivity index (χ4n) is 1.99. The van der Waals surface area contributed by atoms with Gasteiger partial charge in [-0.25, -0.2) is 13.1 Å². The molecule has 1 aromatic rings. The maximum Gasteiger partial charge on any atom is 0.242 e. The van der Waals surface area contributed by atoms with Crippen molar-refractivity contribution < 1.29 is 13.2 Å². The second-order valence-electron chi connectivity index (χ2n) is 4.48. The molecule has 106 valence electrons. The molecule has 2 rings (SSSR count). The molecule has 19 heavy (non-hydrogen) atoms. The molecule has 1 unspecified atom stereocenters. The van der Waals surface area contributed by atoms with Gasteiger partial charge in [-0.2, -0.15) is 0 Å². The summed E-state index contributed by atoms with van der Waals surface area (Å²) in [6.07, 6.45) is 0.717. The molecule has 0 aromatic heterocycles. The van der Waals surface area contributed by atoms with Gasteiger partial charge < -0.3 is 10.1 Å². The minimum atomic E-state index is -3.50. The number of hydrogen-bond acceptors (Lipinski definition) is 4. The Bertz CT molecular complexity index is 542. The van der Waals surface area contributed by atoms with E-state index in [1.54, 1.807) is 12.1 Å². The van der Waals surface area contributed by atoms with E-state index in [1.165, 1.54) is 0 Å². The first-order chi connectivity index (χ1) is 9.03. The van der Waals surface area contributed by atoms with Crippen molar-refractivity contribution in [1.82, 2.24) is 10.0 Å². The van der Waals surface area contributed by atoms with Gasteiger partial charge in [0.25, 0.3) is 0 Å². The Morgan fingerprint density at radius 2 is 2.26 bits per heavy atom. The van der Waals surface area contributed by atoms with E-state index in [0.717, 1.165) is 5.56 Å². The minimum Gasteiger partial charge on any atom is -0.380 e. The van der Waals surface area contributed by atoms with Gasteiger partial charge in [0.05, 0.1) is 11.5 Å². The average Bonchev–Trinajstić information content (AvgIpc) is 2.81. The molecule has 1 atom stereocenters. The molecule has 0 saturated carbocycles. The van der Waals surface area contributed by atoms with Crippen LogP contribution < -0.4 is 10.0 Å². The maximum atomic E-state index is 12.3. The van der Waals surface area contributed by atoms with E-state index in [2.05, 4.69) is 26.0 Å². The molecule has 1 fully saturated rings. The van der Waals surface area contributed by atoms with Crippen molar-refractivity contribution in [3.8, 4) is 0 Å². The molecule has 1 aromatic carbocycles. The SMILES string of the molecule is CNCc1ccc(S(=O)(=O)NC2CCOC2)c(Br)c1. The Labute approximate surface area is 121 Å². The third-order valence-corrected chi connectivity index (χ3v) is 5.42. The van der Waals surface area contributed by atoms with Crippen LogP contribution >= 0.6 is 15.9 Å². The van der Waals surface area contributed by atoms with Crippen LogP contribution in [-0.2, 0) is 21.3 Å². The molecule has 5 nitrogen and oxygen atoms in total. The van der Waals surface area contributed by atoms with Gasteiger partial charge >= 0.3 is 0 Å². The summed E-state index contributed by atoms with van der Waals surface area (Å²) in [7, 11) is -1.66. The average molecular weight is 349 g/mol.